The number of aliphatic carboxylic acids is 1. The number of carbonyl (C=O) groups is 1. The molecule has 1 rings (SSSR count). The molecule has 0 amide bonds. The fraction of sp³-hybridized carbons (Fsp3) is 0.300. The summed E-state index contributed by atoms with van der Waals surface area (Å²) in [6.45, 7) is 3.47. The quantitative estimate of drug-likeness (QED) is 0.662. The van der Waals surface area contributed by atoms with E-state index in [0.29, 0.717) is 5.56 Å². The molecule has 1 atom stereocenters. The van der Waals surface area contributed by atoms with Gasteiger partial charge in [0.25, 0.3) is 0 Å². The summed E-state index contributed by atoms with van der Waals surface area (Å²) >= 11 is 0. The number of aliphatic hydroxyl groups excluding tert-OH is 1. The molecule has 0 aliphatic carbocycles. The van der Waals surface area contributed by atoms with E-state index < -0.39 is 12.1 Å². The summed E-state index contributed by atoms with van der Waals surface area (Å²) in [4.78, 5) is 10.5. The van der Waals surface area contributed by atoms with Crippen molar-refractivity contribution in [1.29, 1.82) is 0 Å². The average Bonchev–Trinajstić information content (AvgIpc) is 2.12. The number of aromatic hydroxyl groups is 1. The van der Waals surface area contributed by atoms with Crippen LogP contribution in [0.25, 0.3) is 0 Å². The molecule has 4 heteroatoms. The van der Waals surface area contributed by atoms with E-state index in [1.54, 1.807) is 19.9 Å². The van der Waals surface area contributed by atoms with Crippen LogP contribution in [0.4, 0.5) is 0 Å². The number of rotatable bonds is 2. The summed E-state index contributed by atoms with van der Waals surface area (Å²) in [6, 6.07) is 2.81. The van der Waals surface area contributed by atoms with Gasteiger partial charge in [0, 0.05) is 0 Å². The number of hydrogen-bond donors (Lipinski definition) is 3. The number of phenolic OH excluding ortho intramolecular Hbond substituents is 1. The molecular weight excluding hydrogens is 184 g/mol. The average molecular weight is 196 g/mol. The monoisotopic (exact) mass is 196 g/mol. The Morgan fingerprint density at radius 3 is 2.36 bits per heavy atom. The molecule has 1 unspecified atom stereocenters. The van der Waals surface area contributed by atoms with E-state index in [-0.39, 0.29) is 11.3 Å². The topological polar surface area (TPSA) is 77.8 Å². The third-order valence-electron chi connectivity index (χ3n) is 2.21. The highest BCUT2D eigenvalue weighted by Crippen LogP contribution is 2.25. The van der Waals surface area contributed by atoms with Crippen molar-refractivity contribution >= 4 is 5.97 Å². The van der Waals surface area contributed by atoms with Crippen molar-refractivity contribution in [2.45, 2.75) is 20.0 Å². The van der Waals surface area contributed by atoms with E-state index in [0.717, 1.165) is 5.56 Å². The molecule has 76 valence electrons. The van der Waals surface area contributed by atoms with Crippen LogP contribution in [0.1, 0.15) is 22.8 Å². The summed E-state index contributed by atoms with van der Waals surface area (Å²) in [5, 5.41) is 27.2. The first-order valence-electron chi connectivity index (χ1n) is 4.14. The second-order valence-corrected chi connectivity index (χ2v) is 3.22. The second-order valence-electron chi connectivity index (χ2n) is 3.22. The van der Waals surface area contributed by atoms with Gasteiger partial charge in [0.15, 0.2) is 6.10 Å². The molecule has 0 fully saturated rings. The minimum absolute atomic E-state index is 0.000278. The zero-order valence-corrected chi connectivity index (χ0v) is 7.98. The van der Waals surface area contributed by atoms with Crippen molar-refractivity contribution in [2.75, 3.05) is 0 Å². The maximum absolute atomic E-state index is 10.5. The van der Waals surface area contributed by atoms with Gasteiger partial charge >= 0.3 is 5.97 Å². The van der Waals surface area contributed by atoms with Gasteiger partial charge in [-0.3, -0.25) is 0 Å². The fourth-order valence-electron chi connectivity index (χ4n) is 1.17. The third kappa shape index (κ3) is 1.85. The van der Waals surface area contributed by atoms with Crippen molar-refractivity contribution in [2.24, 2.45) is 0 Å². The normalized spacial score (nSPS) is 12.5. The Hall–Kier alpha value is -1.55. The van der Waals surface area contributed by atoms with Gasteiger partial charge in [-0.05, 0) is 36.6 Å². The van der Waals surface area contributed by atoms with Crippen LogP contribution in [0.5, 0.6) is 5.75 Å². The molecule has 0 saturated heterocycles. The van der Waals surface area contributed by atoms with Crippen molar-refractivity contribution in [3.8, 4) is 5.75 Å². The van der Waals surface area contributed by atoms with Gasteiger partial charge in [-0.15, -0.1) is 0 Å². The molecule has 0 radical (unpaired) electrons. The first kappa shape index (κ1) is 10.5. The minimum atomic E-state index is -1.58. The van der Waals surface area contributed by atoms with E-state index in [1.165, 1.54) is 6.07 Å². The molecule has 1 aromatic rings. The van der Waals surface area contributed by atoms with E-state index in [2.05, 4.69) is 0 Å². The van der Waals surface area contributed by atoms with Crippen LogP contribution in [0, 0.1) is 13.8 Å². The predicted octanol–water partition coefficient (Wildman–Crippen LogP) is 1.13. The number of phenols is 1. The van der Waals surface area contributed by atoms with Gasteiger partial charge in [0.05, 0.1) is 0 Å². The summed E-state index contributed by atoms with van der Waals surface area (Å²) < 4.78 is 0. The lowest BCUT2D eigenvalue weighted by atomic mass is 10.0. The maximum atomic E-state index is 10.5. The van der Waals surface area contributed by atoms with E-state index in [1.807, 2.05) is 0 Å². The Labute approximate surface area is 81.4 Å². The van der Waals surface area contributed by atoms with Crippen LogP contribution in [-0.2, 0) is 4.79 Å². The van der Waals surface area contributed by atoms with Crippen molar-refractivity contribution in [3.63, 3.8) is 0 Å². The van der Waals surface area contributed by atoms with Crippen molar-refractivity contribution in [3.05, 3.63) is 28.8 Å². The highest BCUT2D eigenvalue weighted by atomic mass is 16.4. The lowest BCUT2D eigenvalue weighted by molar-refractivity contribution is -0.146. The zero-order valence-electron chi connectivity index (χ0n) is 7.98. The maximum Gasteiger partial charge on any atom is 0.337 e. The van der Waals surface area contributed by atoms with Gasteiger partial charge in [0.1, 0.15) is 5.75 Å². The summed E-state index contributed by atoms with van der Waals surface area (Å²) in [5.74, 6) is -1.33. The van der Waals surface area contributed by atoms with Crippen LogP contribution in [0.15, 0.2) is 12.1 Å². The molecule has 0 bridgehead atoms. The van der Waals surface area contributed by atoms with E-state index in [4.69, 9.17) is 5.11 Å². The number of carboxylic acids is 1. The van der Waals surface area contributed by atoms with Gasteiger partial charge < -0.3 is 15.3 Å². The van der Waals surface area contributed by atoms with Gasteiger partial charge in [-0.25, -0.2) is 4.79 Å². The zero-order chi connectivity index (χ0) is 10.9. The Balaban J connectivity index is 3.19. The van der Waals surface area contributed by atoms with Crippen molar-refractivity contribution in [1.82, 2.24) is 0 Å². The molecule has 3 N–H and O–H groups in total. The molecule has 0 saturated carbocycles. The summed E-state index contributed by atoms with van der Waals surface area (Å²) in [6.07, 6.45) is -1.58. The largest absolute Gasteiger partial charge is 0.508 e. The van der Waals surface area contributed by atoms with Crippen LogP contribution in [-0.4, -0.2) is 21.3 Å². The summed E-state index contributed by atoms with van der Waals surface area (Å²) in [5.41, 5.74) is 1.63. The summed E-state index contributed by atoms with van der Waals surface area (Å²) in [7, 11) is 0. The number of aryl methyl sites for hydroxylation is 1. The molecule has 0 aliphatic rings. The molecule has 4 nitrogen and oxygen atoms in total. The standard InChI is InChI=1S/C10H12O4/c1-5-3-7(9(12)10(13)14)4-8(11)6(5)2/h3-4,9,11-12H,1-2H3,(H,13,14). The van der Waals surface area contributed by atoms with Crippen LogP contribution >= 0.6 is 0 Å². The smallest absolute Gasteiger partial charge is 0.337 e. The van der Waals surface area contributed by atoms with E-state index in [9.17, 15) is 15.0 Å². The first-order valence-corrected chi connectivity index (χ1v) is 4.14. The van der Waals surface area contributed by atoms with Gasteiger partial charge in [0.2, 0.25) is 0 Å². The molecule has 1 aromatic carbocycles. The molecule has 0 aliphatic heterocycles. The lowest BCUT2D eigenvalue weighted by Gasteiger charge is -2.10. The molecule has 0 aromatic heterocycles. The highest BCUT2D eigenvalue weighted by molar-refractivity contribution is 5.74. The fourth-order valence-corrected chi connectivity index (χ4v) is 1.17. The molecular formula is C10H12O4. The Kier molecular flexibility index (Phi) is 2.76. The van der Waals surface area contributed by atoms with Crippen LogP contribution in [0.2, 0.25) is 0 Å². The SMILES string of the molecule is Cc1cc(C(O)C(=O)O)cc(O)c1C. The Morgan fingerprint density at radius 2 is 1.93 bits per heavy atom. The van der Waals surface area contributed by atoms with Gasteiger partial charge in [-0.1, -0.05) is 6.07 Å². The van der Waals surface area contributed by atoms with Crippen LogP contribution in [0.3, 0.4) is 0 Å². The molecule has 14 heavy (non-hydrogen) atoms. The van der Waals surface area contributed by atoms with E-state index >= 15 is 0 Å². The van der Waals surface area contributed by atoms with Crippen LogP contribution < -0.4 is 0 Å². The lowest BCUT2D eigenvalue weighted by Crippen LogP contribution is -2.10. The number of hydrogen-bond acceptors (Lipinski definition) is 3. The Bertz CT molecular complexity index is 347. The molecule has 0 spiro atoms. The van der Waals surface area contributed by atoms with Crippen molar-refractivity contribution < 1.29 is 20.1 Å². The number of carboxylic acid groups (broad SMARTS) is 1. The molecule has 0 heterocycles. The predicted molar refractivity (Wildman–Crippen MR) is 50.2 cm³/mol. The highest BCUT2D eigenvalue weighted by Gasteiger charge is 2.17. The second kappa shape index (κ2) is 3.67. The van der Waals surface area contributed by atoms with Gasteiger partial charge in [-0.2, -0.15) is 0 Å². The number of benzene rings is 1. The minimum Gasteiger partial charge on any atom is -0.508 e. The first-order chi connectivity index (χ1) is 6.43. The number of aliphatic hydroxyl groups is 1. The Morgan fingerprint density at radius 1 is 1.36 bits per heavy atom. The third-order valence-corrected chi connectivity index (χ3v) is 2.21.